The van der Waals surface area contributed by atoms with Crippen LogP contribution in [0.15, 0.2) is 12.4 Å². The Kier molecular flexibility index (Phi) is 3.92. The minimum absolute atomic E-state index is 0.0194. The van der Waals surface area contributed by atoms with Gasteiger partial charge < -0.3 is 10.4 Å². The molecule has 1 aromatic heterocycles. The molecule has 72 valence electrons. The summed E-state index contributed by atoms with van der Waals surface area (Å²) in [7, 11) is 0. The Hall–Kier alpha value is -0.870. The van der Waals surface area contributed by atoms with Crippen molar-refractivity contribution in [3.63, 3.8) is 0 Å². The summed E-state index contributed by atoms with van der Waals surface area (Å²) in [5, 5.41) is 12.3. The highest BCUT2D eigenvalue weighted by molar-refractivity contribution is 6.29. The number of rotatable bonds is 4. The number of nitrogens with zero attached hydrogens (tertiary/aromatic N) is 2. The quantitative estimate of drug-likeness (QED) is 0.722. The van der Waals surface area contributed by atoms with Crippen LogP contribution < -0.4 is 5.32 Å². The van der Waals surface area contributed by atoms with E-state index in [0.717, 1.165) is 6.42 Å². The third kappa shape index (κ3) is 3.16. The number of hydrogen-bond acceptors (Lipinski definition) is 4. The van der Waals surface area contributed by atoms with Gasteiger partial charge in [-0.15, -0.1) is 0 Å². The lowest BCUT2D eigenvalue weighted by Crippen LogP contribution is -2.23. The fourth-order valence-electron chi connectivity index (χ4n) is 0.898. The SMILES string of the molecule is CC[C@@H](CO)Nc1cc(Cl)ncn1. The normalized spacial score (nSPS) is 12.5. The van der Waals surface area contributed by atoms with Gasteiger partial charge in [0.2, 0.25) is 0 Å². The predicted octanol–water partition coefficient (Wildman–Crippen LogP) is 1.31. The van der Waals surface area contributed by atoms with Gasteiger partial charge in [-0.2, -0.15) is 0 Å². The van der Waals surface area contributed by atoms with E-state index in [9.17, 15) is 0 Å². The lowest BCUT2D eigenvalue weighted by atomic mass is 10.2. The molecule has 1 heterocycles. The zero-order valence-corrected chi connectivity index (χ0v) is 8.12. The molecule has 1 aromatic rings. The fourth-order valence-corrected chi connectivity index (χ4v) is 1.05. The van der Waals surface area contributed by atoms with E-state index in [1.54, 1.807) is 6.07 Å². The molecule has 5 heteroatoms. The van der Waals surface area contributed by atoms with Crippen molar-refractivity contribution >= 4 is 17.4 Å². The Morgan fingerprint density at radius 2 is 2.38 bits per heavy atom. The Balaban J connectivity index is 2.62. The molecule has 1 rings (SSSR count). The molecule has 0 amide bonds. The van der Waals surface area contributed by atoms with Crippen LogP contribution in [-0.2, 0) is 0 Å². The standard InChI is InChI=1S/C8H12ClN3O/c1-2-6(4-13)12-8-3-7(9)10-5-11-8/h3,5-6,13H,2,4H2,1H3,(H,10,11,12)/t6-/m0/s1. The summed E-state index contributed by atoms with van der Waals surface area (Å²) in [6, 6.07) is 1.64. The number of hydrogen-bond donors (Lipinski definition) is 2. The summed E-state index contributed by atoms with van der Waals surface area (Å²) in [5.74, 6) is 0.640. The van der Waals surface area contributed by atoms with Crippen molar-refractivity contribution in [3.05, 3.63) is 17.5 Å². The molecule has 1 atom stereocenters. The van der Waals surface area contributed by atoms with Crippen LogP contribution in [0.1, 0.15) is 13.3 Å². The van der Waals surface area contributed by atoms with Crippen LogP contribution in [0.2, 0.25) is 5.15 Å². The van der Waals surface area contributed by atoms with Gasteiger partial charge in [-0.1, -0.05) is 18.5 Å². The lowest BCUT2D eigenvalue weighted by molar-refractivity contribution is 0.271. The van der Waals surface area contributed by atoms with E-state index in [2.05, 4.69) is 15.3 Å². The van der Waals surface area contributed by atoms with E-state index < -0.39 is 0 Å². The van der Waals surface area contributed by atoms with E-state index in [-0.39, 0.29) is 12.6 Å². The molecule has 0 unspecified atom stereocenters. The summed E-state index contributed by atoms with van der Waals surface area (Å²) < 4.78 is 0. The molecule has 2 N–H and O–H groups in total. The first-order valence-corrected chi connectivity index (χ1v) is 4.49. The van der Waals surface area contributed by atoms with Crippen LogP contribution in [0.4, 0.5) is 5.82 Å². The summed E-state index contributed by atoms with van der Waals surface area (Å²) in [4.78, 5) is 7.71. The van der Waals surface area contributed by atoms with Gasteiger partial charge in [0, 0.05) is 6.07 Å². The van der Waals surface area contributed by atoms with E-state index >= 15 is 0 Å². The number of halogens is 1. The van der Waals surface area contributed by atoms with Crippen molar-refractivity contribution in [2.24, 2.45) is 0 Å². The third-order valence-corrected chi connectivity index (χ3v) is 1.91. The van der Waals surface area contributed by atoms with Gasteiger partial charge in [-0.05, 0) is 6.42 Å². The number of aliphatic hydroxyl groups excluding tert-OH is 1. The average Bonchev–Trinajstić information content (AvgIpc) is 2.14. The average molecular weight is 202 g/mol. The van der Waals surface area contributed by atoms with Gasteiger partial charge in [-0.3, -0.25) is 0 Å². The van der Waals surface area contributed by atoms with Crippen molar-refractivity contribution in [2.45, 2.75) is 19.4 Å². The van der Waals surface area contributed by atoms with E-state index in [0.29, 0.717) is 11.0 Å². The van der Waals surface area contributed by atoms with Crippen LogP contribution in [0.25, 0.3) is 0 Å². The van der Waals surface area contributed by atoms with Gasteiger partial charge in [0.1, 0.15) is 17.3 Å². The Bertz CT molecular complexity index is 265. The van der Waals surface area contributed by atoms with Gasteiger partial charge >= 0.3 is 0 Å². The minimum atomic E-state index is 0.0194. The second-order valence-electron chi connectivity index (χ2n) is 2.66. The van der Waals surface area contributed by atoms with Crippen LogP contribution in [-0.4, -0.2) is 27.7 Å². The highest BCUT2D eigenvalue weighted by Gasteiger charge is 2.04. The summed E-state index contributed by atoms with van der Waals surface area (Å²) in [5.41, 5.74) is 0. The Labute approximate surface area is 82.0 Å². The first kappa shape index (κ1) is 10.2. The molecule has 13 heavy (non-hydrogen) atoms. The smallest absolute Gasteiger partial charge is 0.134 e. The van der Waals surface area contributed by atoms with Crippen molar-refractivity contribution in [3.8, 4) is 0 Å². The second kappa shape index (κ2) is 4.99. The summed E-state index contributed by atoms with van der Waals surface area (Å²) in [6.07, 6.45) is 2.22. The Morgan fingerprint density at radius 3 is 2.92 bits per heavy atom. The predicted molar refractivity (Wildman–Crippen MR) is 51.8 cm³/mol. The summed E-state index contributed by atoms with van der Waals surface area (Å²) in [6.45, 7) is 2.06. The van der Waals surface area contributed by atoms with Gasteiger partial charge in [0.25, 0.3) is 0 Å². The molecule has 0 spiro atoms. The molecule has 0 saturated heterocycles. The number of anilines is 1. The number of nitrogens with one attached hydrogen (secondary N) is 1. The molecule has 4 nitrogen and oxygen atoms in total. The molecule has 0 saturated carbocycles. The molecule has 0 radical (unpaired) electrons. The number of aliphatic hydroxyl groups is 1. The maximum absolute atomic E-state index is 8.92. The highest BCUT2D eigenvalue weighted by atomic mass is 35.5. The maximum Gasteiger partial charge on any atom is 0.134 e. The van der Waals surface area contributed by atoms with Crippen molar-refractivity contribution in [1.82, 2.24) is 9.97 Å². The zero-order valence-electron chi connectivity index (χ0n) is 7.37. The van der Waals surface area contributed by atoms with Crippen molar-refractivity contribution < 1.29 is 5.11 Å². The van der Waals surface area contributed by atoms with Gasteiger partial charge in [0.05, 0.1) is 12.6 Å². The Morgan fingerprint density at radius 1 is 1.62 bits per heavy atom. The van der Waals surface area contributed by atoms with Crippen LogP contribution in [0.3, 0.4) is 0 Å². The molecule has 0 aliphatic carbocycles. The maximum atomic E-state index is 8.92. The van der Waals surface area contributed by atoms with Gasteiger partial charge in [-0.25, -0.2) is 9.97 Å². The first-order chi connectivity index (χ1) is 6.26. The molecule has 0 bridgehead atoms. The molecular weight excluding hydrogens is 190 g/mol. The minimum Gasteiger partial charge on any atom is -0.394 e. The molecule has 0 aliphatic rings. The zero-order chi connectivity index (χ0) is 9.68. The molecular formula is C8H12ClN3O. The number of aromatic nitrogens is 2. The van der Waals surface area contributed by atoms with E-state index in [1.165, 1.54) is 6.33 Å². The van der Waals surface area contributed by atoms with Gasteiger partial charge in [0.15, 0.2) is 0 Å². The van der Waals surface area contributed by atoms with Crippen molar-refractivity contribution in [1.29, 1.82) is 0 Å². The molecule has 0 aromatic carbocycles. The monoisotopic (exact) mass is 201 g/mol. The lowest BCUT2D eigenvalue weighted by Gasteiger charge is -2.13. The third-order valence-electron chi connectivity index (χ3n) is 1.70. The largest absolute Gasteiger partial charge is 0.394 e. The topological polar surface area (TPSA) is 58.0 Å². The second-order valence-corrected chi connectivity index (χ2v) is 3.05. The molecule has 0 fully saturated rings. The van der Waals surface area contributed by atoms with E-state index in [1.807, 2.05) is 6.92 Å². The first-order valence-electron chi connectivity index (χ1n) is 4.11. The fraction of sp³-hybridized carbons (Fsp3) is 0.500. The van der Waals surface area contributed by atoms with Crippen LogP contribution in [0, 0.1) is 0 Å². The van der Waals surface area contributed by atoms with Crippen molar-refractivity contribution in [2.75, 3.05) is 11.9 Å². The summed E-state index contributed by atoms with van der Waals surface area (Å²) >= 11 is 5.66. The van der Waals surface area contributed by atoms with Crippen LogP contribution >= 0.6 is 11.6 Å². The highest BCUT2D eigenvalue weighted by Crippen LogP contribution is 2.10. The molecule has 0 aliphatic heterocycles. The van der Waals surface area contributed by atoms with Crippen LogP contribution in [0.5, 0.6) is 0 Å². The van der Waals surface area contributed by atoms with E-state index in [4.69, 9.17) is 16.7 Å².